The smallest absolute Gasteiger partial charge is 0.264 e. The van der Waals surface area contributed by atoms with E-state index in [0.717, 1.165) is 5.39 Å². The molecule has 3 aromatic rings. The van der Waals surface area contributed by atoms with Crippen LogP contribution >= 0.6 is 11.6 Å². The lowest BCUT2D eigenvalue weighted by atomic mass is 10.1. The zero-order valence-corrected chi connectivity index (χ0v) is 13.6. The summed E-state index contributed by atoms with van der Waals surface area (Å²) in [6.45, 7) is -0.349. The summed E-state index contributed by atoms with van der Waals surface area (Å²) in [5, 5.41) is 11.1. The number of aliphatic hydroxyl groups is 1. The minimum atomic E-state index is -0.349. The van der Waals surface area contributed by atoms with E-state index in [1.54, 1.807) is 30.5 Å². The van der Waals surface area contributed by atoms with Gasteiger partial charge in [-0.1, -0.05) is 17.7 Å². The molecule has 6 heteroatoms. The zero-order valence-electron chi connectivity index (χ0n) is 12.8. The van der Waals surface area contributed by atoms with Gasteiger partial charge in [0.1, 0.15) is 5.65 Å². The SMILES string of the molecule is CN(C)c1c(CO)c(=O)n(-c2cccc(Cl)c2)c2ncccc12. The van der Waals surface area contributed by atoms with Crippen LogP contribution in [0.4, 0.5) is 5.69 Å². The van der Waals surface area contributed by atoms with Crippen molar-refractivity contribution in [2.45, 2.75) is 6.61 Å². The third-order valence-corrected chi connectivity index (χ3v) is 3.91. The lowest BCUT2D eigenvalue weighted by molar-refractivity contribution is 0.280. The standard InChI is InChI=1S/C17H16ClN3O2/c1-20(2)15-13-7-4-8-19-16(13)21(17(23)14(15)10-22)12-6-3-5-11(18)9-12/h3-9,22H,10H2,1-2H3. The van der Waals surface area contributed by atoms with Gasteiger partial charge in [0.05, 0.1) is 23.5 Å². The molecule has 0 bridgehead atoms. The van der Waals surface area contributed by atoms with Crippen molar-refractivity contribution >= 4 is 28.3 Å². The van der Waals surface area contributed by atoms with Gasteiger partial charge in [-0.25, -0.2) is 4.98 Å². The van der Waals surface area contributed by atoms with Gasteiger partial charge in [0.2, 0.25) is 0 Å². The lowest BCUT2D eigenvalue weighted by Gasteiger charge is -2.21. The summed E-state index contributed by atoms with van der Waals surface area (Å²) in [5.41, 5.74) is 1.85. The van der Waals surface area contributed by atoms with E-state index >= 15 is 0 Å². The van der Waals surface area contributed by atoms with Gasteiger partial charge in [0, 0.05) is 30.7 Å². The molecule has 0 spiro atoms. The molecule has 0 amide bonds. The van der Waals surface area contributed by atoms with E-state index in [2.05, 4.69) is 4.98 Å². The highest BCUT2D eigenvalue weighted by Gasteiger charge is 2.19. The Balaban J connectivity index is 2.51. The van der Waals surface area contributed by atoms with E-state index in [4.69, 9.17) is 11.6 Å². The number of halogens is 1. The van der Waals surface area contributed by atoms with E-state index in [9.17, 15) is 9.90 Å². The molecule has 0 radical (unpaired) electrons. The van der Waals surface area contributed by atoms with Crippen molar-refractivity contribution < 1.29 is 5.11 Å². The Labute approximate surface area is 138 Å². The number of aromatic nitrogens is 2. The van der Waals surface area contributed by atoms with Crippen LogP contribution in [0.25, 0.3) is 16.7 Å². The molecule has 23 heavy (non-hydrogen) atoms. The van der Waals surface area contributed by atoms with Crippen molar-refractivity contribution in [2.24, 2.45) is 0 Å². The molecule has 0 saturated carbocycles. The first kappa shape index (κ1) is 15.5. The maximum absolute atomic E-state index is 12.9. The average molecular weight is 330 g/mol. The van der Waals surface area contributed by atoms with Crippen molar-refractivity contribution in [1.29, 1.82) is 0 Å². The summed E-state index contributed by atoms with van der Waals surface area (Å²) in [6, 6.07) is 10.7. The zero-order chi connectivity index (χ0) is 16.6. The van der Waals surface area contributed by atoms with Gasteiger partial charge >= 0.3 is 0 Å². The highest BCUT2D eigenvalue weighted by molar-refractivity contribution is 6.30. The summed E-state index contributed by atoms with van der Waals surface area (Å²) in [7, 11) is 3.67. The first-order chi connectivity index (χ1) is 11.0. The van der Waals surface area contributed by atoms with Gasteiger partial charge in [-0.2, -0.15) is 0 Å². The second kappa shape index (κ2) is 6.02. The van der Waals surface area contributed by atoms with Gasteiger partial charge in [-0.05, 0) is 30.3 Å². The fourth-order valence-corrected chi connectivity index (χ4v) is 2.95. The van der Waals surface area contributed by atoms with Crippen LogP contribution in [-0.2, 0) is 6.61 Å². The van der Waals surface area contributed by atoms with Crippen molar-refractivity contribution in [3.63, 3.8) is 0 Å². The fourth-order valence-electron chi connectivity index (χ4n) is 2.76. The quantitative estimate of drug-likeness (QED) is 0.802. The van der Waals surface area contributed by atoms with Gasteiger partial charge in [0.15, 0.2) is 0 Å². The summed E-state index contributed by atoms with van der Waals surface area (Å²) >= 11 is 6.06. The number of nitrogens with zero attached hydrogens (tertiary/aromatic N) is 3. The average Bonchev–Trinajstić information content (AvgIpc) is 2.53. The number of fused-ring (bicyclic) bond motifs is 1. The molecular weight excluding hydrogens is 314 g/mol. The molecule has 0 aliphatic carbocycles. The van der Waals surface area contributed by atoms with Gasteiger partial charge in [-0.15, -0.1) is 0 Å². The predicted octanol–water partition coefficient (Wildman–Crippen LogP) is 2.60. The Morgan fingerprint density at radius 1 is 1.26 bits per heavy atom. The minimum absolute atomic E-state index is 0.301. The van der Waals surface area contributed by atoms with Crippen molar-refractivity contribution in [3.05, 3.63) is 63.5 Å². The molecule has 3 rings (SSSR count). The molecule has 0 fully saturated rings. The minimum Gasteiger partial charge on any atom is -0.391 e. The van der Waals surface area contributed by atoms with Crippen LogP contribution in [0, 0.1) is 0 Å². The van der Waals surface area contributed by atoms with Crippen LogP contribution in [0.2, 0.25) is 5.02 Å². The second-order valence-corrected chi connectivity index (χ2v) is 5.81. The first-order valence-electron chi connectivity index (χ1n) is 7.11. The van der Waals surface area contributed by atoms with Crippen LogP contribution in [0.15, 0.2) is 47.4 Å². The maximum atomic E-state index is 12.9. The Bertz CT molecular complexity index is 935. The van der Waals surface area contributed by atoms with E-state index in [1.807, 2.05) is 31.1 Å². The van der Waals surface area contributed by atoms with Crippen molar-refractivity contribution in [2.75, 3.05) is 19.0 Å². The topological polar surface area (TPSA) is 58.4 Å². The van der Waals surface area contributed by atoms with Crippen LogP contribution in [-0.4, -0.2) is 28.8 Å². The van der Waals surface area contributed by atoms with Gasteiger partial charge in [0.25, 0.3) is 5.56 Å². The highest BCUT2D eigenvalue weighted by atomic mass is 35.5. The molecular formula is C17H16ClN3O2. The first-order valence-corrected chi connectivity index (χ1v) is 7.49. The molecule has 1 N–H and O–H groups in total. The molecule has 2 aromatic heterocycles. The number of hydrogen-bond acceptors (Lipinski definition) is 4. The number of hydrogen-bond donors (Lipinski definition) is 1. The number of aliphatic hydroxyl groups excluding tert-OH is 1. The third kappa shape index (κ3) is 2.58. The Morgan fingerprint density at radius 2 is 2.04 bits per heavy atom. The molecule has 2 heterocycles. The lowest BCUT2D eigenvalue weighted by Crippen LogP contribution is -2.27. The summed E-state index contributed by atoms with van der Waals surface area (Å²) < 4.78 is 1.49. The van der Waals surface area contributed by atoms with E-state index in [-0.39, 0.29) is 12.2 Å². The van der Waals surface area contributed by atoms with Crippen LogP contribution in [0.1, 0.15) is 5.56 Å². The van der Waals surface area contributed by atoms with E-state index in [0.29, 0.717) is 27.6 Å². The fraction of sp³-hybridized carbons (Fsp3) is 0.176. The molecule has 0 atom stereocenters. The number of benzene rings is 1. The summed E-state index contributed by atoms with van der Waals surface area (Å²) in [4.78, 5) is 19.1. The van der Waals surface area contributed by atoms with Gasteiger partial charge in [-0.3, -0.25) is 9.36 Å². The summed E-state index contributed by atoms with van der Waals surface area (Å²) in [6.07, 6.45) is 1.64. The Kier molecular flexibility index (Phi) is 4.07. The van der Waals surface area contributed by atoms with Crippen molar-refractivity contribution in [3.8, 4) is 5.69 Å². The molecule has 5 nitrogen and oxygen atoms in total. The molecule has 0 aliphatic rings. The number of anilines is 1. The van der Waals surface area contributed by atoms with Crippen molar-refractivity contribution in [1.82, 2.24) is 9.55 Å². The molecule has 0 saturated heterocycles. The molecule has 1 aromatic carbocycles. The predicted molar refractivity (Wildman–Crippen MR) is 92.6 cm³/mol. The molecule has 0 unspecified atom stereocenters. The van der Waals surface area contributed by atoms with Crippen LogP contribution < -0.4 is 10.5 Å². The largest absolute Gasteiger partial charge is 0.391 e. The monoisotopic (exact) mass is 329 g/mol. The normalized spacial score (nSPS) is 11.0. The number of rotatable bonds is 3. The second-order valence-electron chi connectivity index (χ2n) is 5.37. The Hall–Kier alpha value is -2.37. The third-order valence-electron chi connectivity index (χ3n) is 3.67. The summed E-state index contributed by atoms with van der Waals surface area (Å²) in [5.74, 6) is 0. The van der Waals surface area contributed by atoms with E-state index < -0.39 is 0 Å². The Morgan fingerprint density at radius 3 is 2.70 bits per heavy atom. The van der Waals surface area contributed by atoms with Crippen LogP contribution in [0.5, 0.6) is 0 Å². The molecule has 118 valence electrons. The number of pyridine rings is 2. The van der Waals surface area contributed by atoms with E-state index in [1.165, 1.54) is 4.57 Å². The maximum Gasteiger partial charge on any atom is 0.264 e. The van der Waals surface area contributed by atoms with Gasteiger partial charge < -0.3 is 10.0 Å². The molecule has 0 aliphatic heterocycles. The highest BCUT2D eigenvalue weighted by Crippen LogP contribution is 2.28. The van der Waals surface area contributed by atoms with Crippen LogP contribution in [0.3, 0.4) is 0 Å².